The van der Waals surface area contributed by atoms with Crippen molar-refractivity contribution in [3.05, 3.63) is 75.5 Å². The highest BCUT2D eigenvalue weighted by Crippen LogP contribution is 2.34. The number of hydrogen-bond donors (Lipinski definition) is 1. The number of nitrogens with one attached hydrogen (secondary N) is 1. The highest BCUT2D eigenvalue weighted by molar-refractivity contribution is 7.10. The number of benzene rings is 2. The molecule has 2 heterocycles. The van der Waals surface area contributed by atoms with Crippen LogP contribution >= 0.6 is 11.3 Å². The van der Waals surface area contributed by atoms with E-state index in [2.05, 4.69) is 10.3 Å². The number of aryl methyl sites for hydroxylation is 2. The molecule has 0 spiro atoms. The second-order valence-corrected chi connectivity index (χ2v) is 7.97. The SMILES string of the molecule is Cc1ccc(C(=O)N=C(Cc2cccs2)C(=O)Nc2ccc3c(c2)OCO3)cc1C. The molecule has 2 aromatic carbocycles. The van der Waals surface area contributed by atoms with Crippen LogP contribution in [0.1, 0.15) is 26.4 Å². The van der Waals surface area contributed by atoms with E-state index in [1.54, 1.807) is 30.3 Å². The van der Waals surface area contributed by atoms with Crippen molar-refractivity contribution in [2.45, 2.75) is 20.3 Å². The molecular formula is C23H20N2O4S. The highest BCUT2D eigenvalue weighted by atomic mass is 32.1. The molecule has 1 aliphatic rings. The van der Waals surface area contributed by atoms with Gasteiger partial charge in [0.05, 0.1) is 0 Å². The van der Waals surface area contributed by atoms with Crippen LogP contribution in [0, 0.1) is 13.8 Å². The van der Waals surface area contributed by atoms with Crippen LogP contribution in [-0.4, -0.2) is 24.3 Å². The number of amides is 2. The van der Waals surface area contributed by atoms with E-state index in [-0.39, 0.29) is 18.9 Å². The number of anilines is 1. The predicted octanol–water partition coefficient (Wildman–Crippen LogP) is 4.56. The Kier molecular flexibility index (Phi) is 5.63. The molecule has 0 saturated carbocycles. The van der Waals surface area contributed by atoms with Crippen molar-refractivity contribution in [1.82, 2.24) is 0 Å². The number of nitrogens with zero attached hydrogens (tertiary/aromatic N) is 1. The molecule has 1 N–H and O–H groups in total. The quantitative estimate of drug-likeness (QED) is 0.614. The Hall–Kier alpha value is -3.45. The fourth-order valence-electron chi connectivity index (χ4n) is 2.99. The van der Waals surface area contributed by atoms with Crippen LogP contribution in [0.2, 0.25) is 0 Å². The number of thiophene rings is 1. The molecule has 30 heavy (non-hydrogen) atoms. The molecule has 0 radical (unpaired) electrons. The largest absolute Gasteiger partial charge is 0.454 e. The summed E-state index contributed by atoms with van der Waals surface area (Å²) in [7, 11) is 0. The average molecular weight is 420 g/mol. The number of aliphatic imine (C=N–C) groups is 1. The van der Waals surface area contributed by atoms with Crippen molar-refractivity contribution in [3.8, 4) is 11.5 Å². The number of fused-ring (bicyclic) bond motifs is 1. The minimum atomic E-state index is -0.439. The lowest BCUT2D eigenvalue weighted by Gasteiger charge is -2.09. The molecule has 2 amide bonds. The van der Waals surface area contributed by atoms with E-state index < -0.39 is 11.8 Å². The Labute approximate surface area is 178 Å². The number of rotatable bonds is 5. The van der Waals surface area contributed by atoms with Gasteiger partial charge in [-0.05, 0) is 60.7 Å². The van der Waals surface area contributed by atoms with E-state index in [0.29, 0.717) is 22.7 Å². The van der Waals surface area contributed by atoms with Crippen molar-refractivity contribution in [2.75, 3.05) is 12.1 Å². The minimum Gasteiger partial charge on any atom is -0.454 e. The van der Waals surface area contributed by atoms with Gasteiger partial charge in [0, 0.05) is 28.6 Å². The van der Waals surface area contributed by atoms with Crippen LogP contribution < -0.4 is 14.8 Å². The van der Waals surface area contributed by atoms with Gasteiger partial charge in [-0.1, -0.05) is 12.1 Å². The molecule has 1 aromatic heterocycles. The third-order valence-corrected chi connectivity index (χ3v) is 5.68. The summed E-state index contributed by atoms with van der Waals surface area (Å²) < 4.78 is 10.6. The first-order valence-electron chi connectivity index (χ1n) is 9.42. The second kappa shape index (κ2) is 8.51. The molecule has 0 aliphatic carbocycles. The van der Waals surface area contributed by atoms with Gasteiger partial charge in [-0.25, -0.2) is 4.99 Å². The summed E-state index contributed by atoms with van der Waals surface area (Å²) in [5.41, 5.74) is 3.24. The van der Waals surface area contributed by atoms with Gasteiger partial charge in [0.1, 0.15) is 5.71 Å². The fraction of sp³-hybridized carbons (Fsp3) is 0.174. The van der Waals surface area contributed by atoms with Crippen LogP contribution in [0.3, 0.4) is 0 Å². The molecule has 3 aromatic rings. The lowest BCUT2D eigenvalue weighted by molar-refractivity contribution is -0.110. The maximum Gasteiger partial charge on any atom is 0.277 e. The average Bonchev–Trinajstić information content (AvgIpc) is 3.40. The number of ether oxygens (including phenoxy) is 2. The summed E-state index contributed by atoms with van der Waals surface area (Å²) in [5, 5.41) is 4.73. The molecule has 0 saturated heterocycles. The maximum atomic E-state index is 13.0. The first kappa shape index (κ1) is 19.8. The van der Waals surface area contributed by atoms with Crippen LogP contribution in [-0.2, 0) is 11.2 Å². The van der Waals surface area contributed by atoms with Crippen molar-refractivity contribution in [3.63, 3.8) is 0 Å². The molecule has 7 heteroatoms. The van der Waals surface area contributed by atoms with Crippen LogP contribution in [0.25, 0.3) is 0 Å². The highest BCUT2D eigenvalue weighted by Gasteiger charge is 2.19. The zero-order valence-electron chi connectivity index (χ0n) is 16.6. The lowest BCUT2D eigenvalue weighted by Crippen LogP contribution is -2.25. The van der Waals surface area contributed by atoms with Gasteiger partial charge < -0.3 is 14.8 Å². The molecule has 0 atom stereocenters. The Morgan fingerprint density at radius 2 is 1.87 bits per heavy atom. The fourth-order valence-corrected chi connectivity index (χ4v) is 3.70. The van der Waals surface area contributed by atoms with Gasteiger partial charge in [0.15, 0.2) is 11.5 Å². The van der Waals surface area contributed by atoms with E-state index in [1.165, 1.54) is 11.3 Å². The molecule has 0 fully saturated rings. The summed E-state index contributed by atoms with van der Waals surface area (Å²) in [6.45, 7) is 4.07. The van der Waals surface area contributed by atoms with Gasteiger partial charge >= 0.3 is 0 Å². The normalized spacial score (nSPS) is 12.7. The molecule has 0 unspecified atom stereocenters. The van der Waals surface area contributed by atoms with Gasteiger partial charge in [-0.3, -0.25) is 9.59 Å². The Morgan fingerprint density at radius 3 is 2.63 bits per heavy atom. The van der Waals surface area contributed by atoms with E-state index in [9.17, 15) is 9.59 Å². The zero-order chi connectivity index (χ0) is 21.1. The van der Waals surface area contributed by atoms with Crippen molar-refractivity contribution >= 4 is 34.6 Å². The predicted molar refractivity (Wildman–Crippen MR) is 117 cm³/mol. The van der Waals surface area contributed by atoms with Crippen LogP contribution in [0.5, 0.6) is 11.5 Å². The number of hydrogen-bond acceptors (Lipinski definition) is 5. The van der Waals surface area contributed by atoms with Crippen molar-refractivity contribution < 1.29 is 19.1 Å². The summed E-state index contributed by atoms with van der Waals surface area (Å²) >= 11 is 1.51. The molecule has 1 aliphatic heterocycles. The molecule has 6 nitrogen and oxygen atoms in total. The zero-order valence-corrected chi connectivity index (χ0v) is 17.4. The first-order valence-corrected chi connectivity index (χ1v) is 10.3. The standard InChI is InChI=1S/C23H20N2O4S/c1-14-5-6-16(10-15(14)2)22(26)25-19(12-18-4-3-9-30-18)23(27)24-17-7-8-20-21(11-17)29-13-28-20/h3-11H,12-13H2,1-2H3,(H,24,27). The Balaban J connectivity index is 1.59. The van der Waals surface area contributed by atoms with Gasteiger partial charge in [-0.15, -0.1) is 11.3 Å². The van der Waals surface area contributed by atoms with Crippen molar-refractivity contribution in [1.29, 1.82) is 0 Å². The van der Waals surface area contributed by atoms with Crippen LogP contribution in [0.4, 0.5) is 5.69 Å². The van der Waals surface area contributed by atoms with Gasteiger partial charge in [0.2, 0.25) is 6.79 Å². The third kappa shape index (κ3) is 4.41. The van der Waals surface area contributed by atoms with E-state index in [0.717, 1.165) is 16.0 Å². The molecular weight excluding hydrogens is 400 g/mol. The second-order valence-electron chi connectivity index (χ2n) is 6.94. The third-order valence-electron chi connectivity index (χ3n) is 4.80. The Morgan fingerprint density at radius 1 is 1.03 bits per heavy atom. The van der Waals surface area contributed by atoms with E-state index in [1.807, 2.05) is 37.4 Å². The molecule has 4 rings (SSSR count). The van der Waals surface area contributed by atoms with Crippen LogP contribution in [0.15, 0.2) is 58.9 Å². The maximum absolute atomic E-state index is 13.0. The first-order chi connectivity index (χ1) is 14.5. The topological polar surface area (TPSA) is 77.0 Å². The minimum absolute atomic E-state index is 0.151. The monoisotopic (exact) mass is 420 g/mol. The molecule has 152 valence electrons. The number of carbonyl (C=O) groups is 2. The summed E-state index contributed by atoms with van der Waals surface area (Å²) in [6, 6.07) is 14.4. The smallest absolute Gasteiger partial charge is 0.277 e. The number of carbonyl (C=O) groups excluding carboxylic acids is 2. The van der Waals surface area contributed by atoms with E-state index >= 15 is 0 Å². The Bertz CT molecular complexity index is 1140. The van der Waals surface area contributed by atoms with Gasteiger partial charge in [0.25, 0.3) is 11.8 Å². The summed E-state index contributed by atoms with van der Waals surface area (Å²) in [4.78, 5) is 30.8. The van der Waals surface area contributed by atoms with E-state index in [4.69, 9.17) is 9.47 Å². The lowest BCUT2D eigenvalue weighted by atomic mass is 10.1. The summed E-state index contributed by atoms with van der Waals surface area (Å²) in [6.07, 6.45) is 0.268. The van der Waals surface area contributed by atoms with Crippen molar-refractivity contribution in [2.24, 2.45) is 4.99 Å². The van der Waals surface area contributed by atoms with Gasteiger partial charge in [-0.2, -0.15) is 0 Å². The molecule has 0 bridgehead atoms. The summed E-state index contributed by atoms with van der Waals surface area (Å²) in [5.74, 6) is 0.325.